The van der Waals surface area contributed by atoms with E-state index in [-0.39, 0.29) is 0 Å². The number of hydrogen-bond donors (Lipinski definition) is 1. The lowest BCUT2D eigenvalue weighted by molar-refractivity contribution is 1.10. The largest absolute Gasteiger partial charge is 0.383 e. The molecular formula is C13H14N4. The highest BCUT2D eigenvalue weighted by Crippen LogP contribution is 2.17. The first-order valence-electron chi connectivity index (χ1n) is 5.33. The van der Waals surface area contributed by atoms with Gasteiger partial charge in [-0.05, 0) is 6.92 Å². The Hall–Kier alpha value is -2.23. The Bertz CT molecular complexity index is 526. The van der Waals surface area contributed by atoms with Crippen LogP contribution in [0.2, 0.25) is 0 Å². The number of rotatable bonds is 2. The fourth-order valence-corrected chi connectivity index (χ4v) is 1.77. The second-order valence-corrected chi connectivity index (χ2v) is 3.66. The van der Waals surface area contributed by atoms with Crippen LogP contribution < -0.4 is 5.73 Å². The van der Waals surface area contributed by atoms with Gasteiger partial charge in [0.2, 0.25) is 0 Å². The summed E-state index contributed by atoms with van der Waals surface area (Å²) >= 11 is 0. The van der Waals surface area contributed by atoms with Crippen LogP contribution in [0.25, 0.3) is 0 Å². The number of nitrogen functional groups attached to an aromatic ring is 1. The Labute approximate surface area is 100 Å². The molecule has 86 valence electrons. The van der Waals surface area contributed by atoms with E-state index < -0.39 is 0 Å². The first-order chi connectivity index (χ1) is 8.24. The molecule has 1 aromatic heterocycles. The van der Waals surface area contributed by atoms with E-state index in [1.807, 2.05) is 37.3 Å². The van der Waals surface area contributed by atoms with Crippen LogP contribution in [-0.2, 0) is 0 Å². The average molecular weight is 226 g/mol. The van der Waals surface area contributed by atoms with Crippen molar-refractivity contribution in [3.8, 4) is 0 Å². The highest BCUT2D eigenvalue weighted by atomic mass is 14.9. The van der Waals surface area contributed by atoms with E-state index in [0.717, 1.165) is 22.5 Å². The molecule has 0 fully saturated rings. The summed E-state index contributed by atoms with van der Waals surface area (Å²) in [6.45, 7) is 1.90. The number of aryl methyl sites for hydroxylation is 1. The molecule has 2 aromatic rings. The van der Waals surface area contributed by atoms with E-state index in [9.17, 15) is 0 Å². The summed E-state index contributed by atoms with van der Waals surface area (Å²) < 4.78 is 0. The summed E-state index contributed by atoms with van der Waals surface area (Å²) in [5.74, 6) is 0.460. The van der Waals surface area contributed by atoms with E-state index in [4.69, 9.17) is 5.73 Å². The smallest absolute Gasteiger partial charge is 0.136 e. The second kappa shape index (κ2) is 4.74. The molecule has 4 nitrogen and oxygen atoms in total. The van der Waals surface area contributed by atoms with Crippen LogP contribution in [0, 0.1) is 6.92 Å². The molecule has 2 N–H and O–H groups in total. The first kappa shape index (κ1) is 11.3. The monoisotopic (exact) mass is 226 g/mol. The van der Waals surface area contributed by atoms with Crippen molar-refractivity contribution in [2.75, 3.05) is 12.8 Å². The maximum Gasteiger partial charge on any atom is 0.136 e. The molecule has 1 aromatic carbocycles. The van der Waals surface area contributed by atoms with Crippen molar-refractivity contribution in [2.24, 2.45) is 4.99 Å². The summed E-state index contributed by atoms with van der Waals surface area (Å²) in [6, 6.07) is 9.89. The number of nitrogens with zero attached hydrogens (tertiary/aromatic N) is 3. The van der Waals surface area contributed by atoms with Crippen molar-refractivity contribution < 1.29 is 0 Å². The summed E-state index contributed by atoms with van der Waals surface area (Å²) in [7, 11) is 1.74. The van der Waals surface area contributed by atoms with Crippen LogP contribution in [0.4, 0.5) is 5.82 Å². The molecule has 0 bridgehead atoms. The molecule has 17 heavy (non-hydrogen) atoms. The molecule has 0 aliphatic carbocycles. The van der Waals surface area contributed by atoms with Crippen molar-refractivity contribution in [3.63, 3.8) is 0 Å². The van der Waals surface area contributed by atoms with Gasteiger partial charge >= 0.3 is 0 Å². The van der Waals surface area contributed by atoms with Gasteiger partial charge in [-0.1, -0.05) is 30.3 Å². The van der Waals surface area contributed by atoms with Crippen LogP contribution in [0.3, 0.4) is 0 Å². The van der Waals surface area contributed by atoms with E-state index >= 15 is 0 Å². The van der Waals surface area contributed by atoms with Gasteiger partial charge in [-0.2, -0.15) is 0 Å². The second-order valence-electron chi connectivity index (χ2n) is 3.66. The van der Waals surface area contributed by atoms with Crippen molar-refractivity contribution in [1.82, 2.24) is 9.97 Å². The summed E-state index contributed by atoms with van der Waals surface area (Å²) in [5, 5.41) is 0. The predicted molar refractivity (Wildman–Crippen MR) is 69.2 cm³/mol. The normalized spacial score (nSPS) is 11.5. The minimum absolute atomic E-state index is 0.460. The Morgan fingerprint density at radius 3 is 2.47 bits per heavy atom. The number of aromatic nitrogens is 2. The zero-order valence-corrected chi connectivity index (χ0v) is 9.88. The number of aliphatic imine (C=N–C) groups is 1. The van der Waals surface area contributed by atoms with E-state index in [0.29, 0.717) is 5.82 Å². The number of anilines is 1. The number of benzene rings is 1. The molecule has 0 atom stereocenters. The fraction of sp³-hybridized carbons (Fsp3) is 0.154. The lowest BCUT2D eigenvalue weighted by atomic mass is 10.0. The minimum Gasteiger partial charge on any atom is -0.383 e. The maximum absolute atomic E-state index is 5.90. The van der Waals surface area contributed by atoms with Crippen LogP contribution in [0.5, 0.6) is 0 Å². The molecule has 2 rings (SSSR count). The lowest BCUT2D eigenvalue weighted by Crippen LogP contribution is -2.11. The van der Waals surface area contributed by atoms with E-state index in [1.54, 1.807) is 7.05 Å². The van der Waals surface area contributed by atoms with Crippen molar-refractivity contribution >= 4 is 11.5 Å². The Balaban J connectivity index is 2.59. The topological polar surface area (TPSA) is 64.2 Å². The molecule has 4 heteroatoms. The molecule has 0 saturated carbocycles. The van der Waals surface area contributed by atoms with Gasteiger partial charge in [-0.25, -0.2) is 9.97 Å². The Morgan fingerprint density at radius 1 is 1.18 bits per heavy atom. The highest BCUT2D eigenvalue weighted by molar-refractivity contribution is 6.15. The lowest BCUT2D eigenvalue weighted by Gasteiger charge is -2.10. The maximum atomic E-state index is 5.90. The van der Waals surface area contributed by atoms with E-state index in [2.05, 4.69) is 15.0 Å². The molecule has 0 spiro atoms. The number of nitrogens with two attached hydrogens (primary N) is 1. The van der Waals surface area contributed by atoms with Crippen molar-refractivity contribution in [3.05, 3.63) is 53.5 Å². The van der Waals surface area contributed by atoms with Gasteiger partial charge in [0.25, 0.3) is 0 Å². The predicted octanol–water partition coefficient (Wildman–Crippen LogP) is 1.83. The zero-order chi connectivity index (χ0) is 12.3. The van der Waals surface area contributed by atoms with Gasteiger partial charge in [-0.15, -0.1) is 0 Å². The molecule has 1 heterocycles. The highest BCUT2D eigenvalue weighted by Gasteiger charge is 2.13. The van der Waals surface area contributed by atoms with Crippen LogP contribution in [0.1, 0.15) is 16.8 Å². The summed E-state index contributed by atoms with van der Waals surface area (Å²) in [4.78, 5) is 12.5. The van der Waals surface area contributed by atoms with Gasteiger partial charge in [0.15, 0.2) is 0 Å². The number of hydrogen-bond acceptors (Lipinski definition) is 4. The molecule has 0 aliphatic heterocycles. The molecule has 0 amide bonds. The first-order valence-corrected chi connectivity index (χ1v) is 5.33. The van der Waals surface area contributed by atoms with Crippen LogP contribution >= 0.6 is 0 Å². The van der Waals surface area contributed by atoms with Crippen LogP contribution in [-0.4, -0.2) is 22.7 Å². The van der Waals surface area contributed by atoms with Gasteiger partial charge in [0.1, 0.15) is 12.1 Å². The molecule has 0 radical (unpaired) electrons. The van der Waals surface area contributed by atoms with Crippen molar-refractivity contribution in [1.29, 1.82) is 0 Å². The van der Waals surface area contributed by atoms with Crippen molar-refractivity contribution in [2.45, 2.75) is 6.92 Å². The quantitative estimate of drug-likeness (QED) is 0.794. The summed E-state index contributed by atoms with van der Waals surface area (Å²) in [6.07, 6.45) is 1.46. The van der Waals surface area contributed by atoms with Crippen LogP contribution in [0.15, 0.2) is 41.7 Å². The fourth-order valence-electron chi connectivity index (χ4n) is 1.77. The third-order valence-electron chi connectivity index (χ3n) is 2.57. The van der Waals surface area contributed by atoms with Gasteiger partial charge in [0, 0.05) is 12.6 Å². The average Bonchev–Trinajstić information content (AvgIpc) is 2.35. The minimum atomic E-state index is 0.460. The standard InChI is InChI=1S/C13H14N4/c1-9-11(13(14)17-8-16-9)12(15-2)10-6-4-3-5-7-10/h3-8H,1-2H3,(H2,14,16,17). The third-order valence-corrected chi connectivity index (χ3v) is 2.57. The van der Waals surface area contributed by atoms with Gasteiger partial charge in [0.05, 0.1) is 17.0 Å². The zero-order valence-electron chi connectivity index (χ0n) is 9.88. The molecule has 0 saturated heterocycles. The molecule has 0 unspecified atom stereocenters. The SMILES string of the molecule is CN=C(c1ccccc1)c1c(C)ncnc1N. The van der Waals surface area contributed by atoms with E-state index in [1.165, 1.54) is 6.33 Å². The van der Waals surface area contributed by atoms with Gasteiger partial charge < -0.3 is 5.73 Å². The van der Waals surface area contributed by atoms with Gasteiger partial charge in [-0.3, -0.25) is 4.99 Å². The molecular weight excluding hydrogens is 212 g/mol. The summed E-state index contributed by atoms with van der Waals surface area (Å²) in [5.41, 5.74) is 9.38. The Kier molecular flexibility index (Phi) is 3.14. The Morgan fingerprint density at radius 2 is 1.88 bits per heavy atom. The third kappa shape index (κ3) is 2.15. The molecule has 0 aliphatic rings.